The van der Waals surface area contributed by atoms with E-state index in [1.54, 1.807) is 11.3 Å². The summed E-state index contributed by atoms with van der Waals surface area (Å²) in [6, 6.07) is 14.2. The van der Waals surface area contributed by atoms with Crippen molar-refractivity contribution < 1.29 is 9.53 Å². The molecule has 0 fully saturated rings. The lowest BCUT2D eigenvalue weighted by Gasteiger charge is -2.16. The highest BCUT2D eigenvalue weighted by atomic mass is 32.1. The summed E-state index contributed by atoms with van der Waals surface area (Å²) in [5.74, 6) is -0.195. The molecular formula is C15H17NO2S. The van der Waals surface area contributed by atoms with Crippen LogP contribution in [0.2, 0.25) is 0 Å². The lowest BCUT2D eigenvalue weighted by Crippen LogP contribution is -2.23. The molecule has 1 aromatic carbocycles. The van der Waals surface area contributed by atoms with Gasteiger partial charge in [0.15, 0.2) is 0 Å². The molecule has 1 aromatic heterocycles. The minimum Gasteiger partial charge on any atom is -0.469 e. The van der Waals surface area contributed by atoms with Crippen molar-refractivity contribution in [1.82, 2.24) is 5.32 Å². The maximum atomic E-state index is 11.5. The van der Waals surface area contributed by atoms with E-state index < -0.39 is 0 Å². The van der Waals surface area contributed by atoms with E-state index in [2.05, 4.69) is 17.4 Å². The van der Waals surface area contributed by atoms with Crippen LogP contribution >= 0.6 is 11.3 Å². The third-order valence-corrected chi connectivity index (χ3v) is 3.87. The number of carbonyl (C=O) groups excluding carboxylic acids is 1. The minimum atomic E-state index is -0.195. The molecule has 0 aliphatic carbocycles. The molecule has 2 aromatic rings. The molecule has 0 radical (unpaired) electrons. The van der Waals surface area contributed by atoms with Crippen LogP contribution < -0.4 is 5.32 Å². The van der Waals surface area contributed by atoms with E-state index in [0.717, 1.165) is 11.4 Å². The summed E-state index contributed by atoms with van der Waals surface area (Å²) in [4.78, 5) is 12.6. The molecule has 0 aliphatic rings. The average molecular weight is 275 g/mol. The lowest BCUT2D eigenvalue weighted by atomic mass is 10.1. The fourth-order valence-electron chi connectivity index (χ4n) is 1.85. The molecule has 3 nitrogen and oxygen atoms in total. The molecule has 100 valence electrons. The van der Waals surface area contributed by atoms with Crippen molar-refractivity contribution in [2.24, 2.45) is 0 Å². The highest BCUT2D eigenvalue weighted by molar-refractivity contribution is 7.10. The molecule has 19 heavy (non-hydrogen) atoms. The van der Waals surface area contributed by atoms with Gasteiger partial charge in [0.1, 0.15) is 0 Å². The summed E-state index contributed by atoms with van der Waals surface area (Å²) < 4.78 is 4.76. The number of hydrogen-bond acceptors (Lipinski definition) is 4. The van der Waals surface area contributed by atoms with E-state index in [1.807, 2.05) is 35.7 Å². The van der Waals surface area contributed by atoms with Crippen LogP contribution in [0.5, 0.6) is 0 Å². The van der Waals surface area contributed by atoms with Crippen molar-refractivity contribution in [2.45, 2.75) is 19.0 Å². The molecule has 1 heterocycles. The fourth-order valence-corrected chi connectivity index (χ4v) is 2.65. The Labute approximate surface area is 117 Å². The Hall–Kier alpha value is -1.65. The number of nitrogens with one attached hydrogen (secondary N) is 1. The van der Waals surface area contributed by atoms with E-state index in [-0.39, 0.29) is 12.0 Å². The number of benzene rings is 1. The second kappa shape index (κ2) is 7.07. The summed E-state index contributed by atoms with van der Waals surface area (Å²) in [5.41, 5.74) is 1.20. The topological polar surface area (TPSA) is 38.3 Å². The van der Waals surface area contributed by atoms with Gasteiger partial charge in [-0.15, -0.1) is 11.3 Å². The lowest BCUT2D eigenvalue weighted by molar-refractivity contribution is -0.141. The van der Waals surface area contributed by atoms with Gasteiger partial charge in [0.25, 0.3) is 0 Å². The molecule has 4 heteroatoms. The zero-order chi connectivity index (χ0) is 13.5. The summed E-state index contributed by atoms with van der Waals surface area (Å²) in [6.07, 6.45) is 0.351. The standard InChI is InChI=1S/C15H17NO2S/c1-18-15(17)10-13(14-8-5-9-19-14)16-11-12-6-3-2-4-7-12/h2-9,13,16H,10-11H2,1H3. The SMILES string of the molecule is COC(=O)CC(NCc1ccccc1)c1cccs1. The summed E-state index contributed by atoms with van der Waals surface area (Å²) in [6.45, 7) is 0.737. The number of hydrogen-bond donors (Lipinski definition) is 1. The highest BCUT2D eigenvalue weighted by Crippen LogP contribution is 2.22. The van der Waals surface area contributed by atoms with Crippen LogP contribution in [0.1, 0.15) is 22.9 Å². The molecule has 0 amide bonds. The van der Waals surface area contributed by atoms with Gasteiger partial charge >= 0.3 is 5.97 Å². The Morgan fingerprint density at radius 1 is 1.26 bits per heavy atom. The van der Waals surface area contributed by atoms with Gasteiger partial charge in [-0.1, -0.05) is 36.4 Å². The van der Waals surface area contributed by atoms with Crippen LogP contribution in [-0.2, 0) is 16.1 Å². The number of esters is 1. The monoisotopic (exact) mass is 275 g/mol. The predicted octanol–water partition coefficient (Wildman–Crippen LogP) is 3.14. The van der Waals surface area contributed by atoms with Crippen molar-refractivity contribution in [1.29, 1.82) is 0 Å². The smallest absolute Gasteiger partial charge is 0.307 e. The van der Waals surface area contributed by atoms with E-state index in [0.29, 0.717) is 6.42 Å². The van der Waals surface area contributed by atoms with E-state index in [4.69, 9.17) is 4.74 Å². The van der Waals surface area contributed by atoms with Crippen molar-refractivity contribution >= 4 is 17.3 Å². The molecule has 0 aliphatic heterocycles. The first-order valence-corrected chi connectivity index (χ1v) is 7.05. The van der Waals surface area contributed by atoms with Crippen molar-refractivity contribution in [3.05, 3.63) is 58.3 Å². The van der Waals surface area contributed by atoms with Gasteiger partial charge in [0, 0.05) is 11.4 Å². The highest BCUT2D eigenvalue weighted by Gasteiger charge is 2.16. The van der Waals surface area contributed by atoms with Crippen LogP contribution in [0.4, 0.5) is 0 Å². The molecule has 1 atom stereocenters. The van der Waals surface area contributed by atoms with Crippen LogP contribution in [0.25, 0.3) is 0 Å². The quantitative estimate of drug-likeness (QED) is 0.823. The Morgan fingerprint density at radius 3 is 2.68 bits per heavy atom. The maximum Gasteiger partial charge on any atom is 0.307 e. The number of ether oxygens (including phenoxy) is 1. The number of methoxy groups -OCH3 is 1. The average Bonchev–Trinajstić information content (AvgIpc) is 2.98. The van der Waals surface area contributed by atoms with Gasteiger partial charge in [0.2, 0.25) is 0 Å². The van der Waals surface area contributed by atoms with Crippen molar-refractivity contribution in [3.8, 4) is 0 Å². The summed E-state index contributed by atoms with van der Waals surface area (Å²) in [5, 5.41) is 5.43. The normalized spacial score (nSPS) is 12.1. The van der Waals surface area contributed by atoms with Gasteiger partial charge < -0.3 is 10.1 Å². The zero-order valence-electron chi connectivity index (χ0n) is 10.8. The van der Waals surface area contributed by atoms with Crippen LogP contribution in [-0.4, -0.2) is 13.1 Å². The first kappa shape index (κ1) is 13.8. The summed E-state index contributed by atoms with van der Waals surface area (Å²) in [7, 11) is 1.42. The van der Waals surface area contributed by atoms with Crippen LogP contribution in [0.3, 0.4) is 0 Å². The van der Waals surface area contributed by atoms with E-state index in [9.17, 15) is 4.79 Å². The Balaban J connectivity index is 2.00. The summed E-state index contributed by atoms with van der Waals surface area (Å²) >= 11 is 1.65. The fraction of sp³-hybridized carbons (Fsp3) is 0.267. The first-order chi connectivity index (χ1) is 9.29. The molecule has 0 spiro atoms. The van der Waals surface area contributed by atoms with Gasteiger partial charge in [0.05, 0.1) is 19.6 Å². The third kappa shape index (κ3) is 4.19. The van der Waals surface area contributed by atoms with E-state index in [1.165, 1.54) is 12.7 Å². The largest absolute Gasteiger partial charge is 0.469 e. The molecule has 0 saturated heterocycles. The molecule has 0 saturated carbocycles. The Kier molecular flexibility index (Phi) is 5.12. The van der Waals surface area contributed by atoms with Crippen molar-refractivity contribution in [3.63, 3.8) is 0 Å². The first-order valence-electron chi connectivity index (χ1n) is 6.17. The Morgan fingerprint density at radius 2 is 2.05 bits per heavy atom. The number of rotatable bonds is 6. The maximum absolute atomic E-state index is 11.5. The van der Waals surface area contributed by atoms with Gasteiger partial charge in [-0.2, -0.15) is 0 Å². The third-order valence-electron chi connectivity index (χ3n) is 2.88. The molecule has 1 unspecified atom stereocenters. The van der Waals surface area contributed by atoms with Gasteiger partial charge in [-0.25, -0.2) is 0 Å². The molecule has 0 bridgehead atoms. The van der Waals surface area contributed by atoms with Crippen molar-refractivity contribution in [2.75, 3.05) is 7.11 Å². The zero-order valence-corrected chi connectivity index (χ0v) is 11.7. The molecule has 1 N–H and O–H groups in total. The number of carbonyl (C=O) groups is 1. The number of thiophene rings is 1. The molecular weight excluding hydrogens is 258 g/mol. The minimum absolute atomic E-state index is 0.00709. The molecule has 2 rings (SSSR count). The second-order valence-electron chi connectivity index (χ2n) is 4.21. The second-order valence-corrected chi connectivity index (χ2v) is 5.19. The van der Waals surface area contributed by atoms with Crippen LogP contribution in [0, 0.1) is 0 Å². The Bertz CT molecular complexity index is 496. The van der Waals surface area contributed by atoms with Gasteiger partial charge in [-0.3, -0.25) is 4.79 Å². The van der Waals surface area contributed by atoms with Gasteiger partial charge in [-0.05, 0) is 17.0 Å². The predicted molar refractivity (Wildman–Crippen MR) is 77.0 cm³/mol. The van der Waals surface area contributed by atoms with E-state index >= 15 is 0 Å². The van der Waals surface area contributed by atoms with Crippen LogP contribution in [0.15, 0.2) is 47.8 Å².